The number of aliphatic carboxylic acids is 1. The number of nitrogens with zero attached hydrogens (tertiary/aromatic N) is 1. The number of nitrogens with one attached hydrogen (secondary N) is 4. The van der Waals surface area contributed by atoms with Crippen molar-refractivity contribution in [1.29, 1.82) is 0 Å². The third kappa shape index (κ3) is 13.7. The number of amides is 5. The van der Waals surface area contributed by atoms with Gasteiger partial charge in [-0.2, -0.15) is 24.4 Å². The molecule has 0 spiro atoms. The van der Waals surface area contributed by atoms with E-state index in [2.05, 4.69) is 33.9 Å². The van der Waals surface area contributed by atoms with Crippen LogP contribution in [0.4, 0.5) is 0 Å². The molecule has 45 heavy (non-hydrogen) atoms. The molecule has 0 aromatic rings. The summed E-state index contributed by atoms with van der Waals surface area (Å²) in [5.41, 5.74) is 11.5. The second-order valence-electron chi connectivity index (χ2n) is 11.4. The van der Waals surface area contributed by atoms with Gasteiger partial charge in [-0.05, 0) is 69.4 Å². The normalized spacial score (nSPS) is 18.0. The standard InChI is InChI=1S/C28H51N7O8S2/c1-16(2)13-19(27(41)35-11-6-8-22(35)28(42)43)32-24(38)18(7-4-5-10-29)31-25(39)20(14-36)33-26(40)21(15-44)34-23(37)17(30)9-12-45-3/h16-22,36,44H,4-15,29-30H2,1-3H3,(H,31,39)(H,32,38)(H,33,40)(H,34,37)(H,42,43)/t17-,18-,19-,20-,21-,22-/m0/s1. The molecular formula is C28H51N7O8S2. The second kappa shape index (κ2) is 21.2. The van der Waals surface area contributed by atoms with E-state index in [4.69, 9.17) is 11.5 Å². The molecule has 0 aromatic carbocycles. The molecule has 1 aliphatic rings. The van der Waals surface area contributed by atoms with Gasteiger partial charge in [0.15, 0.2) is 0 Å². The molecular weight excluding hydrogens is 626 g/mol. The minimum atomic E-state index is -1.47. The molecule has 1 saturated heterocycles. The Balaban J connectivity index is 3.04. The van der Waals surface area contributed by atoms with E-state index in [1.165, 1.54) is 16.7 Å². The molecule has 258 valence electrons. The molecule has 1 fully saturated rings. The summed E-state index contributed by atoms with van der Waals surface area (Å²) in [5, 5.41) is 29.6. The number of carbonyl (C=O) groups excluding carboxylic acids is 5. The van der Waals surface area contributed by atoms with Crippen LogP contribution in [0.1, 0.15) is 58.8 Å². The molecule has 15 nitrogen and oxygen atoms in total. The number of rotatable bonds is 21. The highest BCUT2D eigenvalue weighted by Crippen LogP contribution is 2.20. The van der Waals surface area contributed by atoms with Gasteiger partial charge in [0, 0.05) is 12.3 Å². The molecule has 5 amide bonds. The quantitative estimate of drug-likeness (QED) is 0.0483. The van der Waals surface area contributed by atoms with E-state index in [0.29, 0.717) is 44.4 Å². The van der Waals surface area contributed by atoms with Gasteiger partial charge in [-0.3, -0.25) is 24.0 Å². The smallest absolute Gasteiger partial charge is 0.326 e. The van der Waals surface area contributed by atoms with Gasteiger partial charge in [0.25, 0.3) is 0 Å². The fourth-order valence-electron chi connectivity index (χ4n) is 4.80. The Hall–Kier alpha value is -2.60. The van der Waals surface area contributed by atoms with Crippen LogP contribution in [0.15, 0.2) is 0 Å². The SMILES string of the molecule is CSCC[C@H](N)C(=O)N[C@@H](CS)C(=O)N[C@@H](CO)C(=O)N[C@@H](CCCCN)C(=O)N[C@@H](CC(C)C)C(=O)N1CCC[C@H]1C(=O)O. The molecule has 0 aliphatic carbocycles. The zero-order valence-electron chi connectivity index (χ0n) is 26.3. The lowest BCUT2D eigenvalue weighted by Gasteiger charge is -2.30. The molecule has 17 heteroatoms. The van der Waals surface area contributed by atoms with Crippen molar-refractivity contribution < 1.29 is 39.0 Å². The Morgan fingerprint density at radius 2 is 1.49 bits per heavy atom. The van der Waals surface area contributed by atoms with E-state index in [1.807, 2.05) is 20.1 Å². The second-order valence-corrected chi connectivity index (χ2v) is 12.8. The van der Waals surface area contributed by atoms with E-state index in [0.717, 1.165) is 0 Å². The summed E-state index contributed by atoms with van der Waals surface area (Å²) < 4.78 is 0. The van der Waals surface area contributed by atoms with Crippen molar-refractivity contribution in [2.75, 3.05) is 37.5 Å². The zero-order chi connectivity index (χ0) is 34.1. The van der Waals surface area contributed by atoms with Crippen LogP contribution in [0, 0.1) is 5.92 Å². The lowest BCUT2D eigenvalue weighted by atomic mass is 10.0. The summed E-state index contributed by atoms with van der Waals surface area (Å²) >= 11 is 5.63. The van der Waals surface area contributed by atoms with Crippen molar-refractivity contribution in [3.63, 3.8) is 0 Å². The van der Waals surface area contributed by atoms with Crippen LogP contribution in [0.3, 0.4) is 0 Å². The number of carboxylic acid groups (broad SMARTS) is 1. The molecule has 1 rings (SSSR count). The number of nitrogens with two attached hydrogens (primary N) is 2. The Morgan fingerprint density at radius 3 is 2.04 bits per heavy atom. The molecule has 1 aliphatic heterocycles. The van der Waals surface area contributed by atoms with Crippen molar-refractivity contribution in [3.8, 4) is 0 Å². The Labute approximate surface area is 274 Å². The summed E-state index contributed by atoms with van der Waals surface area (Å²) in [6.07, 6.45) is 4.49. The molecule has 1 heterocycles. The van der Waals surface area contributed by atoms with E-state index in [-0.39, 0.29) is 31.1 Å². The summed E-state index contributed by atoms with van der Waals surface area (Å²) in [6, 6.07) is -6.61. The van der Waals surface area contributed by atoms with Crippen molar-refractivity contribution in [3.05, 3.63) is 0 Å². The maximum Gasteiger partial charge on any atom is 0.326 e. The summed E-state index contributed by atoms with van der Waals surface area (Å²) in [5.74, 6) is -3.99. The van der Waals surface area contributed by atoms with Gasteiger partial charge in [0.1, 0.15) is 30.2 Å². The van der Waals surface area contributed by atoms with Crippen molar-refractivity contribution in [2.45, 2.75) is 95.0 Å². The lowest BCUT2D eigenvalue weighted by molar-refractivity contribution is -0.149. The van der Waals surface area contributed by atoms with Crippen LogP contribution >= 0.6 is 24.4 Å². The lowest BCUT2D eigenvalue weighted by Crippen LogP contribution is -2.60. The van der Waals surface area contributed by atoms with Gasteiger partial charge in [-0.1, -0.05) is 13.8 Å². The third-order valence-electron chi connectivity index (χ3n) is 7.32. The van der Waals surface area contributed by atoms with Gasteiger partial charge >= 0.3 is 5.97 Å². The van der Waals surface area contributed by atoms with Gasteiger partial charge < -0.3 is 47.8 Å². The first-order valence-electron chi connectivity index (χ1n) is 15.2. The van der Waals surface area contributed by atoms with Gasteiger partial charge in [0.2, 0.25) is 29.5 Å². The van der Waals surface area contributed by atoms with Crippen LogP contribution < -0.4 is 32.7 Å². The molecule has 10 N–H and O–H groups in total. The minimum Gasteiger partial charge on any atom is -0.480 e. The number of unbranched alkanes of at least 4 members (excludes halogenated alkanes) is 1. The molecule has 0 bridgehead atoms. The number of hydrogen-bond donors (Lipinski definition) is 9. The van der Waals surface area contributed by atoms with E-state index < -0.39 is 78.4 Å². The topological polar surface area (TPSA) is 246 Å². The number of thiol groups is 1. The Kier molecular flexibility index (Phi) is 19.1. The van der Waals surface area contributed by atoms with E-state index in [9.17, 15) is 39.0 Å². The molecule has 6 atom stereocenters. The first-order valence-corrected chi connectivity index (χ1v) is 17.2. The number of aliphatic hydroxyl groups is 1. The van der Waals surface area contributed by atoms with Gasteiger partial charge in [-0.15, -0.1) is 0 Å². The van der Waals surface area contributed by atoms with Crippen LogP contribution in [-0.2, 0) is 28.8 Å². The number of thioether (sulfide) groups is 1. The highest BCUT2D eigenvalue weighted by atomic mass is 32.2. The number of likely N-dealkylation sites (tertiary alicyclic amines) is 1. The molecule has 0 aromatic heterocycles. The number of carbonyl (C=O) groups is 6. The van der Waals surface area contributed by atoms with Gasteiger partial charge in [-0.25, -0.2) is 4.79 Å². The first kappa shape index (κ1) is 40.4. The molecule has 0 radical (unpaired) electrons. The summed E-state index contributed by atoms with van der Waals surface area (Å²) in [6.45, 7) is 3.51. The predicted molar refractivity (Wildman–Crippen MR) is 174 cm³/mol. The van der Waals surface area contributed by atoms with E-state index >= 15 is 0 Å². The predicted octanol–water partition coefficient (Wildman–Crippen LogP) is -1.82. The third-order valence-corrected chi connectivity index (χ3v) is 8.33. The maximum atomic E-state index is 13.5. The largest absolute Gasteiger partial charge is 0.480 e. The highest BCUT2D eigenvalue weighted by molar-refractivity contribution is 7.98. The number of hydrogen-bond acceptors (Lipinski definition) is 11. The zero-order valence-corrected chi connectivity index (χ0v) is 28.0. The average Bonchev–Trinajstić information content (AvgIpc) is 3.50. The summed E-state index contributed by atoms with van der Waals surface area (Å²) in [7, 11) is 0. The molecule has 0 saturated carbocycles. The number of carboxylic acids is 1. The minimum absolute atomic E-state index is 0.0234. The maximum absolute atomic E-state index is 13.5. The first-order chi connectivity index (χ1) is 21.3. The Morgan fingerprint density at radius 1 is 0.911 bits per heavy atom. The fraction of sp³-hybridized carbons (Fsp3) is 0.786. The number of aliphatic hydroxyl groups excluding tert-OH is 1. The monoisotopic (exact) mass is 677 g/mol. The Bertz CT molecular complexity index is 1010. The highest BCUT2D eigenvalue weighted by Gasteiger charge is 2.39. The summed E-state index contributed by atoms with van der Waals surface area (Å²) in [4.78, 5) is 78.3. The van der Waals surface area contributed by atoms with Crippen LogP contribution in [0.2, 0.25) is 0 Å². The van der Waals surface area contributed by atoms with Gasteiger partial charge in [0.05, 0.1) is 12.6 Å². The van der Waals surface area contributed by atoms with Crippen LogP contribution in [0.25, 0.3) is 0 Å². The van der Waals surface area contributed by atoms with Crippen molar-refractivity contribution >= 4 is 59.9 Å². The van der Waals surface area contributed by atoms with Crippen molar-refractivity contribution in [1.82, 2.24) is 26.2 Å². The fourth-order valence-corrected chi connectivity index (χ4v) is 5.55. The van der Waals surface area contributed by atoms with E-state index in [1.54, 1.807) is 0 Å². The van der Waals surface area contributed by atoms with Crippen LogP contribution in [-0.4, -0.2) is 124 Å². The average molecular weight is 678 g/mol. The molecule has 0 unspecified atom stereocenters. The van der Waals surface area contributed by atoms with Crippen molar-refractivity contribution in [2.24, 2.45) is 17.4 Å². The van der Waals surface area contributed by atoms with Crippen LogP contribution in [0.5, 0.6) is 0 Å².